The van der Waals surface area contributed by atoms with Crippen molar-refractivity contribution in [2.75, 3.05) is 26.2 Å². The van der Waals surface area contributed by atoms with Crippen molar-refractivity contribution in [3.05, 3.63) is 29.3 Å². The summed E-state index contributed by atoms with van der Waals surface area (Å²) in [7, 11) is 0. The van der Waals surface area contributed by atoms with Crippen molar-refractivity contribution in [3.8, 4) is 5.75 Å². The number of carbonyl (C=O) groups excluding carboxylic acids is 1. The summed E-state index contributed by atoms with van der Waals surface area (Å²) in [4.78, 5) is 24.6. The Labute approximate surface area is 146 Å². The SMILES string of the molecule is O=C(O)C1CCN(C(=O)NCCCCOc2ccc(Cl)cc2)CC1. The van der Waals surface area contributed by atoms with E-state index in [4.69, 9.17) is 21.4 Å². The Kier molecular flexibility index (Phi) is 7.18. The van der Waals surface area contributed by atoms with E-state index in [1.54, 1.807) is 17.0 Å². The van der Waals surface area contributed by atoms with Crippen LogP contribution < -0.4 is 10.1 Å². The first kappa shape index (κ1) is 18.4. The molecule has 1 fully saturated rings. The minimum absolute atomic E-state index is 0.113. The molecule has 0 atom stereocenters. The van der Waals surface area contributed by atoms with E-state index in [2.05, 4.69) is 5.32 Å². The Morgan fingerprint density at radius 2 is 1.88 bits per heavy atom. The van der Waals surface area contributed by atoms with Crippen LogP contribution in [0.25, 0.3) is 0 Å². The Balaban J connectivity index is 1.53. The summed E-state index contributed by atoms with van der Waals surface area (Å²) in [5.41, 5.74) is 0. The second-order valence-electron chi connectivity index (χ2n) is 5.84. The summed E-state index contributed by atoms with van der Waals surface area (Å²) in [6.07, 6.45) is 2.71. The van der Waals surface area contributed by atoms with Crippen molar-refractivity contribution in [1.82, 2.24) is 10.2 Å². The molecule has 24 heavy (non-hydrogen) atoms. The number of unbranched alkanes of at least 4 members (excludes halogenated alkanes) is 1. The van der Waals surface area contributed by atoms with Crippen LogP contribution >= 0.6 is 11.6 Å². The Hall–Kier alpha value is -1.95. The molecule has 2 N–H and O–H groups in total. The van der Waals surface area contributed by atoms with Gasteiger partial charge in [0.05, 0.1) is 12.5 Å². The summed E-state index contributed by atoms with van der Waals surface area (Å²) in [6.45, 7) is 2.17. The van der Waals surface area contributed by atoms with Gasteiger partial charge in [-0.1, -0.05) is 11.6 Å². The number of nitrogens with zero attached hydrogens (tertiary/aromatic N) is 1. The average molecular weight is 355 g/mol. The topological polar surface area (TPSA) is 78.9 Å². The summed E-state index contributed by atoms with van der Waals surface area (Å²) >= 11 is 5.80. The van der Waals surface area contributed by atoms with E-state index in [9.17, 15) is 9.59 Å². The van der Waals surface area contributed by atoms with Crippen LogP contribution in [0.4, 0.5) is 4.79 Å². The number of ether oxygens (including phenoxy) is 1. The highest BCUT2D eigenvalue weighted by atomic mass is 35.5. The minimum Gasteiger partial charge on any atom is -0.494 e. The number of nitrogens with one attached hydrogen (secondary N) is 1. The molecule has 0 radical (unpaired) electrons. The molecule has 132 valence electrons. The predicted molar refractivity (Wildman–Crippen MR) is 91.5 cm³/mol. The third-order valence-corrected chi connectivity index (χ3v) is 4.31. The summed E-state index contributed by atoms with van der Waals surface area (Å²) in [5, 5.41) is 12.5. The van der Waals surface area contributed by atoms with Crippen molar-refractivity contribution >= 4 is 23.6 Å². The zero-order valence-corrected chi connectivity index (χ0v) is 14.3. The lowest BCUT2D eigenvalue weighted by Crippen LogP contribution is -2.45. The number of likely N-dealkylation sites (tertiary alicyclic amines) is 1. The number of hydrogen-bond donors (Lipinski definition) is 2. The first-order chi connectivity index (χ1) is 11.6. The maximum absolute atomic E-state index is 12.0. The molecule has 0 aliphatic carbocycles. The zero-order chi connectivity index (χ0) is 17.4. The van der Waals surface area contributed by atoms with Gasteiger partial charge < -0.3 is 20.1 Å². The fourth-order valence-corrected chi connectivity index (χ4v) is 2.71. The van der Waals surface area contributed by atoms with Crippen LogP contribution in [0, 0.1) is 5.92 Å². The Morgan fingerprint density at radius 1 is 1.21 bits per heavy atom. The summed E-state index contributed by atoms with van der Waals surface area (Å²) in [5.74, 6) is -0.306. The van der Waals surface area contributed by atoms with Crippen LogP contribution in [-0.4, -0.2) is 48.2 Å². The number of aliphatic carboxylic acids is 1. The van der Waals surface area contributed by atoms with E-state index in [0.717, 1.165) is 18.6 Å². The fourth-order valence-electron chi connectivity index (χ4n) is 2.58. The molecule has 1 heterocycles. The number of carbonyl (C=O) groups is 2. The number of carboxylic acids is 1. The van der Waals surface area contributed by atoms with Gasteiger partial charge in [0.2, 0.25) is 0 Å². The lowest BCUT2D eigenvalue weighted by Gasteiger charge is -2.30. The highest BCUT2D eigenvalue weighted by Crippen LogP contribution is 2.17. The smallest absolute Gasteiger partial charge is 0.317 e. The molecule has 1 aromatic rings. The molecule has 0 spiro atoms. The number of benzene rings is 1. The molecule has 0 saturated carbocycles. The van der Waals surface area contributed by atoms with E-state index in [1.807, 2.05) is 12.1 Å². The van der Waals surface area contributed by atoms with Crippen molar-refractivity contribution in [1.29, 1.82) is 0 Å². The summed E-state index contributed by atoms with van der Waals surface area (Å²) in [6, 6.07) is 7.10. The molecule has 0 unspecified atom stereocenters. The van der Waals surface area contributed by atoms with Gasteiger partial charge in [-0.05, 0) is 49.9 Å². The number of piperidine rings is 1. The van der Waals surface area contributed by atoms with E-state index in [0.29, 0.717) is 44.1 Å². The maximum atomic E-state index is 12.0. The van der Waals surface area contributed by atoms with Crippen LogP contribution in [-0.2, 0) is 4.79 Å². The molecule has 1 aliphatic rings. The molecular formula is C17H23ClN2O4. The number of urea groups is 1. The first-order valence-corrected chi connectivity index (χ1v) is 8.58. The second-order valence-corrected chi connectivity index (χ2v) is 6.28. The van der Waals surface area contributed by atoms with Crippen LogP contribution in [0.1, 0.15) is 25.7 Å². The average Bonchev–Trinajstić information content (AvgIpc) is 2.59. The van der Waals surface area contributed by atoms with Crippen LogP contribution in [0.5, 0.6) is 5.75 Å². The van der Waals surface area contributed by atoms with E-state index < -0.39 is 5.97 Å². The number of hydrogen-bond acceptors (Lipinski definition) is 3. The maximum Gasteiger partial charge on any atom is 0.317 e. The Morgan fingerprint density at radius 3 is 2.50 bits per heavy atom. The molecule has 0 aromatic heterocycles. The fraction of sp³-hybridized carbons (Fsp3) is 0.529. The lowest BCUT2D eigenvalue weighted by atomic mass is 9.97. The number of rotatable bonds is 7. The molecular weight excluding hydrogens is 332 g/mol. The van der Waals surface area contributed by atoms with Crippen LogP contribution in [0.3, 0.4) is 0 Å². The molecule has 6 nitrogen and oxygen atoms in total. The quantitative estimate of drug-likeness (QED) is 0.738. The minimum atomic E-state index is -0.768. The summed E-state index contributed by atoms with van der Waals surface area (Å²) < 4.78 is 5.58. The van der Waals surface area contributed by atoms with E-state index in [1.165, 1.54) is 0 Å². The third-order valence-electron chi connectivity index (χ3n) is 4.06. The lowest BCUT2D eigenvalue weighted by molar-refractivity contribution is -0.143. The van der Waals surface area contributed by atoms with Crippen LogP contribution in [0.15, 0.2) is 24.3 Å². The van der Waals surface area contributed by atoms with E-state index >= 15 is 0 Å². The van der Waals surface area contributed by atoms with Crippen molar-refractivity contribution < 1.29 is 19.4 Å². The predicted octanol–water partition coefficient (Wildman–Crippen LogP) is 3.01. The largest absolute Gasteiger partial charge is 0.494 e. The number of halogens is 1. The van der Waals surface area contributed by atoms with Gasteiger partial charge >= 0.3 is 12.0 Å². The molecule has 2 amide bonds. The van der Waals surface area contributed by atoms with Gasteiger partial charge in [0, 0.05) is 24.7 Å². The van der Waals surface area contributed by atoms with Crippen LogP contribution in [0.2, 0.25) is 5.02 Å². The zero-order valence-electron chi connectivity index (χ0n) is 13.5. The highest BCUT2D eigenvalue weighted by molar-refractivity contribution is 6.30. The first-order valence-electron chi connectivity index (χ1n) is 8.20. The van der Waals surface area contributed by atoms with Gasteiger partial charge in [-0.2, -0.15) is 0 Å². The van der Waals surface area contributed by atoms with Gasteiger partial charge in [-0.3, -0.25) is 4.79 Å². The second kappa shape index (κ2) is 9.37. The number of amides is 2. The highest BCUT2D eigenvalue weighted by Gasteiger charge is 2.26. The van der Waals surface area contributed by atoms with Gasteiger partial charge in [-0.25, -0.2) is 4.79 Å². The number of carboxylic acid groups (broad SMARTS) is 1. The Bertz CT molecular complexity index is 542. The standard InChI is InChI=1S/C17H23ClN2O4/c18-14-3-5-15(6-4-14)24-12-2-1-9-19-17(23)20-10-7-13(8-11-20)16(21)22/h3-6,13H,1-2,7-12H2,(H,19,23)(H,21,22). The van der Waals surface area contributed by atoms with Gasteiger partial charge in [0.15, 0.2) is 0 Å². The molecule has 2 rings (SSSR count). The monoisotopic (exact) mass is 354 g/mol. The van der Waals surface area contributed by atoms with Crippen molar-refractivity contribution in [2.45, 2.75) is 25.7 Å². The van der Waals surface area contributed by atoms with Crippen molar-refractivity contribution in [2.24, 2.45) is 5.92 Å². The molecule has 1 aliphatic heterocycles. The molecule has 1 aromatic carbocycles. The normalized spacial score (nSPS) is 15.1. The third kappa shape index (κ3) is 5.92. The van der Waals surface area contributed by atoms with Gasteiger partial charge in [-0.15, -0.1) is 0 Å². The van der Waals surface area contributed by atoms with Crippen molar-refractivity contribution in [3.63, 3.8) is 0 Å². The molecule has 0 bridgehead atoms. The van der Waals surface area contributed by atoms with E-state index in [-0.39, 0.29) is 11.9 Å². The van der Waals surface area contributed by atoms with Gasteiger partial charge in [0.1, 0.15) is 5.75 Å². The van der Waals surface area contributed by atoms with Gasteiger partial charge in [0.25, 0.3) is 0 Å². The molecule has 1 saturated heterocycles. The molecule has 7 heteroatoms.